The second-order valence-electron chi connectivity index (χ2n) is 10.6. The maximum atomic E-state index is 14.2. The van der Waals surface area contributed by atoms with E-state index in [0.717, 1.165) is 0 Å². The van der Waals surface area contributed by atoms with Crippen LogP contribution in [0.2, 0.25) is 0 Å². The highest BCUT2D eigenvalue weighted by molar-refractivity contribution is 9.10. The first-order valence-electron chi connectivity index (χ1n) is 14.3. The molecule has 11 heteroatoms. The van der Waals surface area contributed by atoms with Crippen LogP contribution in [-0.4, -0.2) is 55.7 Å². The summed E-state index contributed by atoms with van der Waals surface area (Å²) < 4.78 is 22.9. The monoisotopic (exact) mass is 668 g/mol. The molecule has 0 bridgehead atoms. The van der Waals surface area contributed by atoms with Crippen molar-refractivity contribution in [2.45, 2.75) is 38.7 Å². The molecule has 0 spiro atoms. The van der Waals surface area contributed by atoms with Crippen molar-refractivity contribution in [1.82, 2.24) is 0 Å². The molecular weight excluding hydrogens is 632 g/mol. The Labute approximate surface area is 265 Å². The Balaban J connectivity index is 1.86. The van der Waals surface area contributed by atoms with Gasteiger partial charge in [-0.1, -0.05) is 24.3 Å². The Morgan fingerprint density at radius 3 is 1.95 bits per heavy atom. The maximum absolute atomic E-state index is 14.2. The fraction of sp³-hybridized carbons (Fsp3) is 0.364. The van der Waals surface area contributed by atoms with Crippen molar-refractivity contribution in [3.8, 4) is 23.0 Å². The van der Waals surface area contributed by atoms with E-state index in [0.29, 0.717) is 57.6 Å². The molecule has 1 aliphatic rings. The van der Waals surface area contributed by atoms with Crippen LogP contribution >= 0.6 is 15.9 Å². The summed E-state index contributed by atoms with van der Waals surface area (Å²) >= 11 is 3.50. The lowest BCUT2D eigenvalue weighted by molar-refractivity contribution is -0.150. The molecule has 0 saturated heterocycles. The molecule has 10 nitrogen and oxygen atoms in total. The molecule has 0 aromatic heterocycles. The number of halogens is 1. The molecule has 234 valence electrons. The van der Waals surface area contributed by atoms with Gasteiger partial charge >= 0.3 is 0 Å². The van der Waals surface area contributed by atoms with E-state index in [4.69, 9.17) is 18.9 Å². The molecular formula is C33H37BrN2O8. The lowest BCUT2D eigenvalue weighted by Crippen LogP contribution is -2.56. The number of para-hydroxylation sites is 4. The van der Waals surface area contributed by atoms with Gasteiger partial charge in [0.1, 0.15) is 23.2 Å². The van der Waals surface area contributed by atoms with Crippen LogP contribution in [0.25, 0.3) is 0 Å². The van der Waals surface area contributed by atoms with Gasteiger partial charge in [-0.2, -0.15) is 0 Å². The predicted octanol–water partition coefficient (Wildman–Crippen LogP) is 5.58. The van der Waals surface area contributed by atoms with Crippen LogP contribution in [0.15, 0.2) is 65.1 Å². The number of amides is 2. The number of carbonyl (C=O) groups excluding carboxylic acids is 3. The largest absolute Gasteiger partial charge is 0.493 e. The molecule has 0 aliphatic heterocycles. The van der Waals surface area contributed by atoms with E-state index >= 15 is 0 Å². The number of nitrogens with one attached hydrogen (secondary N) is 2. The number of benzene rings is 3. The van der Waals surface area contributed by atoms with Crippen LogP contribution in [0.5, 0.6) is 23.0 Å². The van der Waals surface area contributed by atoms with E-state index < -0.39 is 47.4 Å². The number of Topliss-reactive ketones (excluding diaryl/α,β-unsaturated/α-hetero) is 1. The van der Waals surface area contributed by atoms with Gasteiger partial charge < -0.3 is 34.7 Å². The first-order valence-corrected chi connectivity index (χ1v) is 15.1. The number of hydrogen-bond donors (Lipinski definition) is 3. The summed E-state index contributed by atoms with van der Waals surface area (Å²) in [4.78, 5) is 42.1. The fourth-order valence-corrected chi connectivity index (χ4v) is 6.37. The van der Waals surface area contributed by atoms with Gasteiger partial charge in [0.25, 0.3) is 0 Å². The van der Waals surface area contributed by atoms with E-state index in [-0.39, 0.29) is 0 Å². The average Bonchev–Trinajstić information content (AvgIpc) is 2.98. The normalized spacial score (nSPS) is 21.2. The van der Waals surface area contributed by atoms with Gasteiger partial charge in [-0.3, -0.25) is 14.4 Å². The van der Waals surface area contributed by atoms with Crippen molar-refractivity contribution in [3.63, 3.8) is 0 Å². The Kier molecular flexibility index (Phi) is 10.5. The molecule has 3 aromatic rings. The Morgan fingerprint density at radius 1 is 0.886 bits per heavy atom. The van der Waals surface area contributed by atoms with Gasteiger partial charge in [0.2, 0.25) is 11.8 Å². The van der Waals surface area contributed by atoms with Crippen molar-refractivity contribution in [1.29, 1.82) is 0 Å². The third-order valence-electron chi connectivity index (χ3n) is 7.56. The van der Waals surface area contributed by atoms with Gasteiger partial charge in [-0.25, -0.2) is 0 Å². The molecule has 4 rings (SSSR count). The van der Waals surface area contributed by atoms with Gasteiger partial charge in [0.05, 0.1) is 54.8 Å². The van der Waals surface area contributed by atoms with Gasteiger partial charge in [-0.05, 0) is 78.7 Å². The predicted molar refractivity (Wildman–Crippen MR) is 170 cm³/mol. The van der Waals surface area contributed by atoms with Crippen LogP contribution < -0.4 is 29.6 Å². The van der Waals surface area contributed by atoms with Crippen LogP contribution in [0.1, 0.15) is 38.7 Å². The summed E-state index contributed by atoms with van der Waals surface area (Å²) in [6, 6.07) is 17.1. The standard InChI is InChI=1S/C33H37BrN2O8/c1-6-43-24-14-10-8-12-21(24)35-31(38)28-23(37)18-33(3,40)29(32(39)36-22-13-9-11-15-25(22)44-7-2)27(28)19-16-20(34)30(42-5)26(17-19)41-4/h8-17,27-29,40H,6-7,18H2,1-5H3,(H,35,38)(H,36,39). The first kappa shape index (κ1) is 32.8. The molecule has 0 heterocycles. The molecule has 4 unspecified atom stereocenters. The van der Waals surface area contributed by atoms with Crippen LogP contribution in [0, 0.1) is 11.8 Å². The van der Waals surface area contributed by atoms with Gasteiger partial charge in [0.15, 0.2) is 11.5 Å². The smallest absolute Gasteiger partial charge is 0.235 e. The van der Waals surface area contributed by atoms with Crippen molar-refractivity contribution in [2.24, 2.45) is 11.8 Å². The molecule has 3 N–H and O–H groups in total. The molecule has 0 radical (unpaired) electrons. The molecule has 4 atom stereocenters. The zero-order chi connectivity index (χ0) is 32.0. The minimum atomic E-state index is -1.81. The number of carbonyl (C=O) groups is 3. The number of anilines is 2. The van der Waals surface area contributed by atoms with E-state index in [2.05, 4.69) is 26.6 Å². The van der Waals surface area contributed by atoms with Crippen LogP contribution in [-0.2, 0) is 14.4 Å². The summed E-state index contributed by atoms with van der Waals surface area (Å²) in [6.07, 6.45) is -0.422. The molecule has 1 saturated carbocycles. The minimum absolute atomic E-state index is 0.316. The average molecular weight is 670 g/mol. The maximum Gasteiger partial charge on any atom is 0.235 e. The summed E-state index contributed by atoms with van der Waals surface area (Å²) in [6.45, 7) is 5.82. The first-order chi connectivity index (χ1) is 21.1. The van der Waals surface area contributed by atoms with Crippen molar-refractivity contribution >= 4 is 44.9 Å². The highest BCUT2D eigenvalue weighted by Crippen LogP contribution is 2.49. The van der Waals surface area contributed by atoms with Crippen molar-refractivity contribution < 1.29 is 38.4 Å². The zero-order valence-corrected chi connectivity index (χ0v) is 26.9. The number of ketones is 1. The summed E-state index contributed by atoms with van der Waals surface area (Å²) in [5.74, 6) is -3.87. The lowest BCUT2D eigenvalue weighted by atomic mass is 9.61. The molecule has 3 aromatic carbocycles. The lowest BCUT2D eigenvalue weighted by Gasteiger charge is -2.44. The minimum Gasteiger partial charge on any atom is -0.493 e. The van der Waals surface area contributed by atoms with Gasteiger partial charge in [0, 0.05) is 12.3 Å². The van der Waals surface area contributed by atoms with Gasteiger partial charge in [-0.15, -0.1) is 0 Å². The van der Waals surface area contributed by atoms with Crippen LogP contribution in [0.3, 0.4) is 0 Å². The number of ether oxygens (including phenoxy) is 4. The Morgan fingerprint density at radius 2 is 1.43 bits per heavy atom. The molecule has 44 heavy (non-hydrogen) atoms. The second kappa shape index (κ2) is 14.1. The van der Waals surface area contributed by atoms with Crippen LogP contribution in [0.4, 0.5) is 11.4 Å². The summed E-state index contributed by atoms with van der Waals surface area (Å²) in [5.41, 5.74) is -0.625. The molecule has 1 fully saturated rings. The summed E-state index contributed by atoms with van der Waals surface area (Å²) in [7, 11) is 2.94. The quantitative estimate of drug-likeness (QED) is 0.226. The third-order valence-corrected chi connectivity index (χ3v) is 8.15. The highest BCUT2D eigenvalue weighted by Gasteiger charge is 2.56. The topological polar surface area (TPSA) is 132 Å². The molecule has 1 aliphatic carbocycles. The van der Waals surface area contributed by atoms with Crippen molar-refractivity contribution in [3.05, 3.63) is 70.7 Å². The number of methoxy groups -OCH3 is 2. The summed E-state index contributed by atoms with van der Waals surface area (Å²) in [5, 5.41) is 17.4. The van der Waals surface area contributed by atoms with E-state index in [1.54, 1.807) is 60.7 Å². The Hall–Kier alpha value is -4.09. The second-order valence-corrected chi connectivity index (χ2v) is 11.4. The highest BCUT2D eigenvalue weighted by atomic mass is 79.9. The number of aliphatic hydroxyl groups is 1. The third kappa shape index (κ3) is 6.84. The van der Waals surface area contributed by atoms with Crippen molar-refractivity contribution in [2.75, 3.05) is 38.1 Å². The van der Waals surface area contributed by atoms with E-state index in [1.807, 2.05) is 13.8 Å². The fourth-order valence-electron chi connectivity index (χ4n) is 5.75. The van der Waals surface area contributed by atoms with E-state index in [9.17, 15) is 19.5 Å². The Bertz CT molecular complexity index is 1530. The molecule has 2 amide bonds. The zero-order valence-electron chi connectivity index (χ0n) is 25.3. The SMILES string of the molecule is CCOc1ccccc1NC(=O)C1C(=O)CC(C)(O)C(C(=O)Nc2ccccc2OCC)C1c1cc(Br)c(OC)c(OC)c1. The van der Waals surface area contributed by atoms with E-state index in [1.165, 1.54) is 21.1 Å². The number of rotatable bonds is 11. The number of hydrogen-bond acceptors (Lipinski definition) is 8.